The van der Waals surface area contributed by atoms with Gasteiger partial charge in [0, 0.05) is 0 Å². The lowest BCUT2D eigenvalue weighted by Gasteiger charge is -2.07. The Bertz CT molecular complexity index is 444. The van der Waals surface area contributed by atoms with Crippen molar-refractivity contribution in [2.75, 3.05) is 13.2 Å². The molecule has 20 heavy (non-hydrogen) atoms. The molecule has 0 aliphatic rings. The van der Waals surface area contributed by atoms with Crippen LogP contribution < -0.4 is 4.74 Å². The summed E-state index contributed by atoms with van der Waals surface area (Å²) in [6.07, 6.45) is -0.450. The number of rotatable bonds is 7. The number of hydrogen-bond donors (Lipinski definition) is 0. The minimum Gasteiger partial charge on any atom is -0.493 e. The van der Waals surface area contributed by atoms with Crippen molar-refractivity contribution < 1.29 is 33.9 Å². The Balaban J connectivity index is 2.45. The van der Waals surface area contributed by atoms with E-state index in [1.807, 2.05) is 6.92 Å². The SMILES string of the molecule is CCCOC(=O)OOOC(=O)c1ccccc1OCC. The highest BCUT2D eigenvalue weighted by Crippen LogP contribution is 2.18. The van der Waals surface area contributed by atoms with E-state index in [2.05, 4.69) is 19.6 Å². The summed E-state index contributed by atoms with van der Waals surface area (Å²) in [7, 11) is 0. The minimum atomic E-state index is -1.09. The van der Waals surface area contributed by atoms with Gasteiger partial charge in [0.15, 0.2) is 0 Å². The van der Waals surface area contributed by atoms with Gasteiger partial charge in [0.25, 0.3) is 0 Å². The maximum Gasteiger partial charge on any atom is 0.543 e. The van der Waals surface area contributed by atoms with Crippen molar-refractivity contribution in [3.05, 3.63) is 29.8 Å². The quantitative estimate of drug-likeness (QED) is 0.432. The molecule has 1 rings (SSSR count). The van der Waals surface area contributed by atoms with E-state index in [-0.39, 0.29) is 12.2 Å². The summed E-state index contributed by atoms with van der Waals surface area (Å²) in [6, 6.07) is 6.44. The second kappa shape index (κ2) is 8.76. The van der Waals surface area contributed by atoms with E-state index in [4.69, 9.17) is 4.74 Å². The fourth-order valence-electron chi connectivity index (χ4n) is 1.25. The van der Waals surface area contributed by atoms with Crippen LogP contribution in [0.3, 0.4) is 0 Å². The van der Waals surface area contributed by atoms with Crippen LogP contribution in [0.5, 0.6) is 5.75 Å². The monoisotopic (exact) mass is 284 g/mol. The van der Waals surface area contributed by atoms with E-state index in [0.29, 0.717) is 18.8 Å². The van der Waals surface area contributed by atoms with Gasteiger partial charge in [-0.3, -0.25) is 4.89 Å². The molecule has 0 radical (unpaired) electrons. The van der Waals surface area contributed by atoms with Gasteiger partial charge in [-0.25, -0.2) is 14.5 Å². The van der Waals surface area contributed by atoms with Crippen molar-refractivity contribution in [2.45, 2.75) is 20.3 Å². The zero-order valence-electron chi connectivity index (χ0n) is 11.3. The highest BCUT2D eigenvalue weighted by atomic mass is 17.5. The number of carbonyl (C=O) groups excluding carboxylic acids is 2. The molecule has 7 heteroatoms. The Kier molecular flexibility index (Phi) is 6.91. The van der Waals surface area contributed by atoms with Gasteiger partial charge in [0.1, 0.15) is 11.3 Å². The number of para-hydroxylation sites is 1. The highest BCUT2D eigenvalue weighted by molar-refractivity contribution is 5.92. The molecule has 0 amide bonds. The fraction of sp³-hybridized carbons (Fsp3) is 0.385. The molecule has 110 valence electrons. The molecule has 0 bridgehead atoms. The van der Waals surface area contributed by atoms with Gasteiger partial charge < -0.3 is 9.47 Å². The number of ether oxygens (including phenoxy) is 2. The molecule has 1 aromatic rings. The Hall–Kier alpha value is -2.28. The van der Waals surface area contributed by atoms with Crippen molar-refractivity contribution >= 4 is 12.1 Å². The first-order valence-corrected chi connectivity index (χ1v) is 6.13. The first kappa shape index (κ1) is 15.8. The van der Waals surface area contributed by atoms with Crippen LogP contribution in [0.2, 0.25) is 0 Å². The summed E-state index contributed by atoms with van der Waals surface area (Å²) < 4.78 is 9.79. The van der Waals surface area contributed by atoms with Crippen LogP contribution in [0.15, 0.2) is 24.3 Å². The van der Waals surface area contributed by atoms with Crippen molar-refractivity contribution in [1.29, 1.82) is 0 Å². The van der Waals surface area contributed by atoms with Crippen molar-refractivity contribution in [3.8, 4) is 5.75 Å². The van der Waals surface area contributed by atoms with Gasteiger partial charge in [0.2, 0.25) is 0 Å². The van der Waals surface area contributed by atoms with Crippen LogP contribution in [-0.2, 0) is 19.6 Å². The third kappa shape index (κ3) is 5.15. The average Bonchev–Trinajstić information content (AvgIpc) is 2.46. The van der Waals surface area contributed by atoms with Crippen LogP contribution in [0, 0.1) is 0 Å². The zero-order chi connectivity index (χ0) is 14.8. The summed E-state index contributed by atoms with van der Waals surface area (Å²) >= 11 is 0. The molecular formula is C13H16O7. The zero-order valence-corrected chi connectivity index (χ0v) is 11.3. The lowest BCUT2D eigenvalue weighted by atomic mass is 10.2. The number of carbonyl (C=O) groups is 2. The third-order valence-electron chi connectivity index (χ3n) is 2.04. The topological polar surface area (TPSA) is 80.3 Å². The summed E-state index contributed by atoms with van der Waals surface area (Å²) in [5.41, 5.74) is 0.153. The van der Waals surface area contributed by atoms with Gasteiger partial charge in [-0.05, 0) is 25.5 Å². The van der Waals surface area contributed by atoms with Gasteiger partial charge in [0.05, 0.1) is 18.3 Å². The van der Waals surface area contributed by atoms with Crippen LogP contribution in [0.25, 0.3) is 0 Å². The van der Waals surface area contributed by atoms with Crippen LogP contribution >= 0.6 is 0 Å². The molecule has 0 unspecified atom stereocenters. The summed E-state index contributed by atoms with van der Waals surface area (Å²) in [4.78, 5) is 31.0. The molecule has 0 aromatic heterocycles. The molecular weight excluding hydrogens is 268 g/mol. The van der Waals surface area contributed by atoms with Crippen molar-refractivity contribution in [1.82, 2.24) is 0 Å². The molecule has 0 saturated heterocycles. The fourth-order valence-corrected chi connectivity index (χ4v) is 1.25. The molecule has 0 N–H and O–H groups in total. The average molecular weight is 284 g/mol. The van der Waals surface area contributed by atoms with Crippen molar-refractivity contribution in [2.24, 2.45) is 0 Å². The maximum atomic E-state index is 11.7. The van der Waals surface area contributed by atoms with Crippen molar-refractivity contribution in [3.63, 3.8) is 0 Å². The molecule has 0 atom stereocenters. The number of benzene rings is 1. The van der Waals surface area contributed by atoms with E-state index in [9.17, 15) is 9.59 Å². The first-order chi connectivity index (χ1) is 9.69. The standard InChI is InChI=1S/C13H16O7/c1-3-9-17-13(15)19-20-18-12(14)10-7-5-6-8-11(10)16-4-2/h5-8H,3-4,9H2,1-2H3. The predicted molar refractivity (Wildman–Crippen MR) is 66.8 cm³/mol. The Morgan fingerprint density at radius 1 is 1.10 bits per heavy atom. The largest absolute Gasteiger partial charge is 0.543 e. The molecule has 7 nitrogen and oxygen atoms in total. The van der Waals surface area contributed by atoms with Gasteiger partial charge in [-0.15, -0.1) is 0 Å². The normalized spacial score (nSPS) is 9.70. The van der Waals surface area contributed by atoms with Gasteiger partial charge in [-0.2, -0.15) is 0 Å². The molecule has 1 aromatic carbocycles. The lowest BCUT2D eigenvalue weighted by molar-refractivity contribution is -0.452. The first-order valence-electron chi connectivity index (χ1n) is 6.13. The van der Waals surface area contributed by atoms with Gasteiger partial charge in [-0.1, -0.05) is 19.1 Å². The molecule has 0 heterocycles. The summed E-state index contributed by atoms with van der Waals surface area (Å²) in [5.74, 6) is -0.505. The minimum absolute atomic E-state index is 0.153. The second-order valence-corrected chi connectivity index (χ2v) is 3.55. The third-order valence-corrected chi connectivity index (χ3v) is 2.04. The molecule has 0 fully saturated rings. The van der Waals surface area contributed by atoms with Gasteiger partial charge >= 0.3 is 12.1 Å². The van der Waals surface area contributed by atoms with E-state index < -0.39 is 12.1 Å². The summed E-state index contributed by atoms with van der Waals surface area (Å²) in [5, 5.41) is 4.06. The highest BCUT2D eigenvalue weighted by Gasteiger charge is 2.16. The van der Waals surface area contributed by atoms with Crippen LogP contribution in [0.1, 0.15) is 30.6 Å². The van der Waals surface area contributed by atoms with E-state index in [1.54, 1.807) is 25.1 Å². The Morgan fingerprint density at radius 2 is 1.85 bits per heavy atom. The number of hydrogen-bond acceptors (Lipinski definition) is 7. The lowest BCUT2D eigenvalue weighted by Crippen LogP contribution is -2.13. The summed E-state index contributed by atoms with van der Waals surface area (Å²) in [6.45, 7) is 4.18. The van der Waals surface area contributed by atoms with Crippen LogP contribution in [0.4, 0.5) is 4.79 Å². The second-order valence-electron chi connectivity index (χ2n) is 3.55. The Labute approximate surface area is 116 Å². The maximum absolute atomic E-state index is 11.7. The van der Waals surface area contributed by atoms with E-state index >= 15 is 0 Å². The van der Waals surface area contributed by atoms with E-state index in [0.717, 1.165) is 0 Å². The van der Waals surface area contributed by atoms with Crippen LogP contribution in [-0.4, -0.2) is 25.3 Å². The molecule has 0 aliphatic carbocycles. The predicted octanol–water partition coefficient (Wildman–Crippen LogP) is 2.65. The molecule has 0 aliphatic heterocycles. The molecule has 0 spiro atoms. The smallest absolute Gasteiger partial charge is 0.493 e. The Morgan fingerprint density at radius 3 is 2.55 bits per heavy atom. The molecule has 0 saturated carbocycles. The van der Waals surface area contributed by atoms with E-state index in [1.165, 1.54) is 6.07 Å².